The Morgan fingerprint density at radius 2 is 1.50 bits per heavy atom. The third-order valence-electron chi connectivity index (χ3n) is 5.36. The lowest BCUT2D eigenvalue weighted by Gasteiger charge is -2.15. The highest BCUT2D eigenvalue weighted by Gasteiger charge is 2.17. The fourth-order valence-corrected chi connectivity index (χ4v) is 4.71. The van der Waals surface area contributed by atoms with Gasteiger partial charge in [-0.15, -0.1) is 0 Å². The number of aromatic nitrogens is 1. The van der Waals surface area contributed by atoms with Crippen molar-refractivity contribution >= 4 is 37.7 Å². The molecular formula is C24H25N3O4S. The van der Waals surface area contributed by atoms with Crippen molar-refractivity contribution in [3.8, 4) is 0 Å². The molecule has 1 amide bonds. The van der Waals surface area contributed by atoms with Crippen LogP contribution in [0.15, 0.2) is 77.7 Å². The van der Waals surface area contributed by atoms with Crippen LogP contribution in [0, 0.1) is 6.92 Å². The number of para-hydroxylation sites is 2. The first kappa shape index (κ1) is 22.0. The van der Waals surface area contributed by atoms with Crippen molar-refractivity contribution in [2.24, 2.45) is 0 Å². The number of aliphatic hydroxyl groups excluding tert-OH is 1. The maximum atomic E-state index is 12.3. The fraction of sp³-hybridized carbons (Fsp3) is 0.208. The van der Waals surface area contributed by atoms with E-state index in [-0.39, 0.29) is 11.4 Å². The Bertz CT molecular complexity index is 1310. The van der Waals surface area contributed by atoms with Crippen LogP contribution in [0.1, 0.15) is 5.56 Å². The number of carbonyl (C=O) groups is 1. The summed E-state index contributed by atoms with van der Waals surface area (Å²) in [4.78, 5) is 12.3. The van der Waals surface area contributed by atoms with Gasteiger partial charge in [0.2, 0.25) is 15.9 Å². The van der Waals surface area contributed by atoms with Crippen molar-refractivity contribution in [1.82, 2.24) is 14.6 Å². The molecular weight excluding hydrogens is 426 g/mol. The smallest absolute Gasteiger partial charge is 0.241 e. The van der Waals surface area contributed by atoms with E-state index in [2.05, 4.69) is 10.0 Å². The molecule has 0 fully saturated rings. The molecule has 3 N–H and O–H groups in total. The zero-order chi connectivity index (χ0) is 22.7. The van der Waals surface area contributed by atoms with Gasteiger partial charge in [0.05, 0.1) is 24.1 Å². The standard InChI is InChI=1S/C24H25N3O4S/c1-17-10-12-19(13-11-17)32(30,31)26-15-24(29)25-14-18(28)16-27-22-8-4-2-6-20(22)21-7-3-5-9-23(21)27/h2-13,18,26,28H,14-16H2,1H3,(H,25,29)/t18-/m0/s1. The normalized spacial score (nSPS) is 12.8. The van der Waals surface area contributed by atoms with Crippen molar-refractivity contribution in [3.05, 3.63) is 78.4 Å². The Kier molecular flexibility index (Phi) is 6.27. The number of rotatable bonds is 8. The summed E-state index contributed by atoms with van der Waals surface area (Å²) in [5.74, 6) is -0.512. The Balaban J connectivity index is 1.36. The molecule has 0 aliphatic carbocycles. The minimum Gasteiger partial charge on any atom is -0.389 e. The van der Waals surface area contributed by atoms with Crippen molar-refractivity contribution in [1.29, 1.82) is 0 Å². The van der Waals surface area contributed by atoms with Gasteiger partial charge in [0.1, 0.15) is 0 Å². The second-order valence-electron chi connectivity index (χ2n) is 7.74. The van der Waals surface area contributed by atoms with Gasteiger partial charge in [-0.3, -0.25) is 4.79 Å². The van der Waals surface area contributed by atoms with Gasteiger partial charge < -0.3 is 15.0 Å². The first-order valence-electron chi connectivity index (χ1n) is 10.3. The third kappa shape index (κ3) is 4.67. The van der Waals surface area contributed by atoms with Gasteiger partial charge >= 0.3 is 0 Å². The SMILES string of the molecule is Cc1ccc(S(=O)(=O)NCC(=O)NC[C@H](O)Cn2c3ccccc3c3ccccc32)cc1. The van der Waals surface area contributed by atoms with E-state index in [1.807, 2.05) is 60.0 Å². The molecule has 4 rings (SSSR count). The highest BCUT2D eigenvalue weighted by Crippen LogP contribution is 2.28. The van der Waals surface area contributed by atoms with Crippen molar-refractivity contribution in [3.63, 3.8) is 0 Å². The summed E-state index contributed by atoms with van der Waals surface area (Å²) in [7, 11) is -3.78. The lowest BCUT2D eigenvalue weighted by atomic mass is 10.2. The summed E-state index contributed by atoms with van der Waals surface area (Å²) >= 11 is 0. The molecule has 1 atom stereocenters. The highest BCUT2D eigenvalue weighted by molar-refractivity contribution is 7.89. The second-order valence-corrected chi connectivity index (χ2v) is 9.51. The Morgan fingerprint density at radius 1 is 0.938 bits per heavy atom. The van der Waals surface area contributed by atoms with E-state index in [4.69, 9.17) is 0 Å². The summed E-state index contributed by atoms with van der Waals surface area (Å²) in [6, 6.07) is 22.3. The van der Waals surface area contributed by atoms with Crippen LogP contribution in [0.4, 0.5) is 0 Å². The number of sulfonamides is 1. The summed E-state index contributed by atoms with van der Waals surface area (Å²) in [5, 5.41) is 15.3. The van der Waals surface area contributed by atoms with Crippen LogP contribution < -0.4 is 10.0 Å². The van der Waals surface area contributed by atoms with Gasteiger partial charge in [-0.1, -0.05) is 54.1 Å². The summed E-state index contributed by atoms with van der Waals surface area (Å²) in [6.07, 6.45) is -0.841. The van der Waals surface area contributed by atoms with Gasteiger partial charge in [-0.05, 0) is 31.2 Å². The largest absolute Gasteiger partial charge is 0.389 e. The van der Waals surface area contributed by atoms with Crippen LogP contribution in [0.2, 0.25) is 0 Å². The molecule has 0 aliphatic rings. The average Bonchev–Trinajstić information content (AvgIpc) is 3.10. The Morgan fingerprint density at radius 3 is 2.09 bits per heavy atom. The van der Waals surface area contributed by atoms with Crippen molar-refractivity contribution < 1.29 is 18.3 Å². The van der Waals surface area contributed by atoms with Crippen LogP contribution in [0.5, 0.6) is 0 Å². The van der Waals surface area contributed by atoms with E-state index in [0.29, 0.717) is 6.54 Å². The predicted molar refractivity (Wildman–Crippen MR) is 125 cm³/mol. The number of amides is 1. The molecule has 7 nitrogen and oxygen atoms in total. The zero-order valence-corrected chi connectivity index (χ0v) is 18.5. The minimum absolute atomic E-state index is 0.00588. The molecule has 8 heteroatoms. The highest BCUT2D eigenvalue weighted by atomic mass is 32.2. The van der Waals surface area contributed by atoms with E-state index in [1.165, 1.54) is 12.1 Å². The molecule has 0 radical (unpaired) electrons. The van der Waals surface area contributed by atoms with Crippen molar-refractivity contribution in [2.75, 3.05) is 13.1 Å². The summed E-state index contributed by atoms with van der Waals surface area (Å²) in [5.41, 5.74) is 2.95. The Labute approximate surface area is 186 Å². The molecule has 0 aliphatic heterocycles. The van der Waals surface area contributed by atoms with E-state index in [9.17, 15) is 18.3 Å². The molecule has 0 saturated carbocycles. The van der Waals surface area contributed by atoms with E-state index in [1.54, 1.807) is 12.1 Å². The lowest BCUT2D eigenvalue weighted by Crippen LogP contribution is -2.40. The number of hydrogen-bond acceptors (Lipinski definition) is 4. The molecule has 0 bridgehead atoms. The minimum atomic E-state index is -3.78. The molecule has 3 aromatic carbocycles. The van der Waals surface area contributed by atoms with Crippen LogP contribution >= 0.6 is 0 Å². The number of aryl methyl sites for hydroxylation is 1. The average molecular weight is 452 g/mol. The number of carbonyl (C=O) groups excluding carboxylic acids is 1. The van der Waals surface area contributed by atoms with Crippen molar-refractivity contribution in [2.45, 2.75) is 24.5 Å². The Hall–Kier alpha value is -3.20. The van der Waals surface area contributed by atoms with Gasteiger partial charge in [-0.2, -0.15) is 0 Å². The van der Waals surface area contributed by atoms with Gasteiger partial charge in [0.15, 0.2) is 0 Å². The van der Waals surface area contributed by atoms with Gasteiger partial charge in [0, 0.05) is 28.4 Å². The van der Waals surface area contributed by atoms with E-state index >= 15 is 0 Å². The van der Waals surface area contributed by atoms with Crippen LogP contribution in [-0.2, 0) is 21.4 Å². The van der Waals surface area contributed by atoms with Crippen LogP contribution in [-0.4, -0.2) is 43.2 Å². The van der Waals surface area contributed by atoms with Crippen LogP contribution in [0.25, 0.3) is 21.8 Å². The summed E-state index contributed by atoms with van der Waals surface area (Å²) in [6.45, 7) is 1.76. The maximum absolute atomic E-state index is 12.3. The topological polar surface area (TPSA) is 100 Å². The molecule has 0 saturated heterocycles. The number of hydrogen-bond donors (Lipinski definition) is 3. The number of benzene rings is 3. The van der Waals surface area contributed by atoms with Gasteiger partial charge in [0.25, 0.3) is 0 Å². The molecule has 0 unspecified atom stereocenters. The number of aliphatic hydroxyl groups is 1. The molecule has 1 aromatic heterocycles. The molecule has 166 valence electrons. The number of fused-ring (bicyclic) bond motifs is 3. The quantitative estimate of drug-likeness (QED) is 0.383. The van der Waals surface area contributed by atoms with Gasteiger partial charge in [-0.25, -0.2) is 13.1 Å². The fourth-order valence-electron chi connectivity index (χ4n) is 3.73. The molecule has 1 heterocycles. The molecule has 32 heavy (non-hydrogen) atoms. The molecule has 0 spiro atoms. The predicted octanol–water partition coefficient (Wildman–Crippen LogP) is 2.56. The van der Waals surface area contributed by atoms with E-state index in [0.717, 1.165) is 27.4 Å². The molecule has 4 aromatic rings. The summed E-state index contributed by atoms with van der Waals surface area (Å²) < 4.78 is 28.9. The van der Waals surface area contributed by atoms with E-state index < -0.39 is 28.6 Å². The maximum Gasteiger partial charge on any atom is 0.241 e. The number of nitrogens with one attached hydrogen (secondary N) is 2. The first-order valence-corrected chi connectivity index (χ1v) is 11.8. The monoisotopic (exact) mass is 451 g/mol. The zero-order valence-electron chi connectivity index (χ0n) is 17.7. The third-order valence-corrected chi connectivity index (χ3v) is 6.78. The lowest BCUT2D eigenvalue weighted by molar-refractivity contribution is -0.120. The first-order chi connectivity index (χ1) is 15.3. The number of nitrogens with zero attached hydrogens (tertiary/aromatic N) is 1. The second kappa shape index (κ2) is 9.12. The van der Waals surface area contributed by atoms with Crippen LogP contribution in [0.3, 0.4) is 0 Å².